The van der Waals surface area contributed by atoms with Gasteiger partial charge in [-0.25, -0.2) is 4.98 Å². The number of carbonyl (C=O) groups excluding carboxylic acids is 2. The molecule has 0 atom stereocenters. The fourth-order valence-electron chi connectivity index (χ4n) is 4.10. The molecule has 0 unspecified atom stereocenters. The normalized spacial score (nSPS) is 18.9. The van der Waals surface area contributed by atoms with Crippen LogP contribution in [0.2, 0.25) is 0 Å². The average Bonchev–Trinajstić information content (AvgIpc) is 3.32. The van der Waals surface area contributed by atoms with Crippen molar-refractivity contribution in [3.05, 3.63) is 29.3 Å². The van der Waals surface area contributed by atoms with E-state index in [4.69, 9.17) is 4.98 Å². The maximum absolute atomic E-state index is 12.2. The third-order valence-electron chi connectivity index (χ3n) is 5.71. The summed E-state index contributed by atoms with van der Waals surface area (Å²) >= 11 is 1.81. The van der Waals surface area contributed by atoms with Gasteiger partial charge >= 0.3 is 0 Å². The molecule has 2 aliphatic heterocycles. The van der Waals surface area contributed by atoms with Crippen molar-refractivity contribution in [1.82, 2.24) is 20.1 Å². The topological polar surface area (TPSA) is 65.5 Å². The highest BCUT2D eigenvalue weighted by Gasteiger charge is 2.24. The molecular weight excluding hydrogens is 372 g/mol. The SMILES string of the molecule is O=C(CN1CCC(c2nc3ccccc3s2)CC1)NCCCN1CCCC1=O. The monoisotopic (exact) mass is 400 g/mol. The maximum Gasteiger partial charge on any atom is 0.234 e. The third kappa shape index (κ3) is 4.70. The van der Waals surface area contributed by atoms with Gasteiger partial charge in [0.05, 0.1) is 21.8 Å². The van der Waals surface area contributed by atoms with Crippen LogP contribution in [0.3, 0.4) is 0 Å². The fraction of sp³-hybridized carbons (Fsp3) is 0.571. The number of likely N-dealkylation sites (tertiary alicyclic amines) is 2. The summed E-state index contributed by atoms with van der Waals surface area (Å²) in [5.74, 6) is 0.850. The van der Waals surface area contributed by atoms with Crippen LogP contribution in [0.25, 0.3) is 10.2 Å². The smallest absolute Gasteiger partial charge is 0.234 e. The van der Waals surface area contributed by atoms with Crippen molar-refractivity contribution < 1.29 is 9.59 Å². The molecule has 2 saturated heterocycles. The highest BCUT2D eigenvalue weighted by Crippen LogP contribution is 2.33. The number of benzene rings is 1. The number of rotatable bonds is 7. The van der Waals surface area contributed by atoms with Crippen LogP contribution in [-0.2, 0) is 9.59 Å². The first kappa shape index (κ1) is 19.3. The van der Waals surface area contributed by atoms with Crippen LogP contribution >= 0.6 is 11.3 Å². The van der Waals surface area contributed by atoms with Gasteiger partial charge in [0, 0.05) is 32.0 Å². The number of carbonyl (C=O) groups is 2. The molecule has 4 rings (SSSR count). The number of hydrogen-bond acceptors (Lipinski definition) is 5. The first-order valence-corrected chi connectivity index (χ1v) is 11.1. The van der Waals surface area contributed by atoms with E-state index in [0.29, 0.717) is 25.4 Å². The summed E-state index contributed by atoms with van der Waals surface area (Å²) in [5, 5.41) is 4.24. The zero-order chi connectivity index (χ0) is 19.3. The predicted octanol–water partition coefficient (Wildman–Crippen LogP) is 2.60. The Morgan fingerprint density at radius 3 is 2.79 bits per heavy atom. The number of hydrogen-bond donors (Lipinski definition) is 1. The van der Waals surface area contributed by atoms with Gasteiger partial charge in [-0.3, -0.25) is 14.5 Å². The minimum absolute atomic E-state index is 0.0891. The van der Waals surface area contributed by atoms with Gasteiger partial charge in [-0.15, -0.1) is 11.3 Å². The van der Waals surface area contributed by atoms with E-state index < -0.39 is 0 Å². The van der Waals surface area contributed by atoms with Gasteiger partial charge in [0.2, 0.25) is 11.8 Å². The predicted molar refractivity (Wildman–Crippen MR) is 111 cm³/mol. The molecule has 3 heterocycles. The van der Waals surface area contributed by atoms with Gasteiger partial charge in [-0.1, -0.05) is 12.1 Å². The van der Waals surface area contributed by atoms with Crippen LogP contribution in [0, 0.1) is 0 Å². The highest BCUT2D eigenvalue weighted by molar-refractivity contribution is 7.18. The molecule has 0 saturated carbocycles. The quantitative estimate of drug-likeness (QED) is 0.726. The average molecular weight is 401 g/mol. The van der Waals surface area contributed by atoms with Crippen molar-refractivity contribution in [3.63, 3.8) is 0 Å². The molecule has 1 aromatic heterocycles. The standard InChI is InChI=1S/C21H28N4O2S/c26-19(22-10-4-12-25-11-3-7-20(25)27)15-24-13-8-16(9-14-24)21-23-17-5-1-2-6-18(17)28-21/h1-2,5-6,16H,3-4,7-15H2,(H,22,26). The zero-order valence-corrected chi connectivity index (χ0v) is 17.0. The van der Waals surface area contributed by atoms with Crippen LogP contribution in [-0.4, -0.2) is 65.9 Å². The van der Waals surface area contributed by atoms with Crippen LogP contribution < -0.4 is 5.32 Å². The van der Waals surface area contributed by atoms with E-state index >= 15 is 0 Å². The van der Waals surface area contributed by atoms with Crippen LogP contribution in [0.1, 0.15) is 43.0 Å². The molecule has 1 N–H and O–H groups in total. The summed E-state index contributed by atoms with van der Waals surface area (Å²) in [7, 11) is 0. The van der Waals surface area contributed by atoms with E-state index in [9.17, 15) is 9.59 Å². The van der Waals surface area contributed by atoms with E-state index in [2.05, 4.69) is 28.4 Å². The van der Waals surface area contributed by atoms with Crippen LogP contribution in [0.15, 0.2) is 24.3 Å². The molecule has 0 radical (unpaired) electrons. The second kappa shape index (κ2) is 9.01. The first-order chi connectivity index (χ1) is 13.7. The second-order valence-electron chi connectivity index (χ2n) is 7.76. The molecule has 2 fully saturated rings. The Labute approximate surface area is 169 Å². The summed E-state index contributed by atoms with van der Waals surface area (Å²) in [6, 6.07) is 8.31. The van der Waals surface area contributed by atoms with E-state index in [1.807, 2.05) is 11.0 Å². The van der Waals surface area contributed by atoms with Crippen molar-refractivity contribution >= 4 is 33.4 Å². The van der Waals surface area contributed by atoms with Gasteiger partial charge in [0.25, 0.3) is 0 Å². The number of amides is 2. The Morgan fingerprint density at radius 1 is 1.21 bits per heavy atom. The highest BCUT2D eigenvalue weighted by atomic mass is 32.1. The summed E-state index contributed by atoms with van der Waals surface area (Å²) < 4.78 is 1.26. The zero-order valence-electron chi connectivity index (χ0n) is 16.2. The van der Waals surface area contributed by atoms with Crippen molar-refractivity contribution in [3.8, 4) is 0 Å². The first-order valence-electron chi connectivity index (χ1n) is 10.3. The molecule has 7 heteroatoms. The summed E-state index contributed by atoms with van der Waals surface area (Å²) in [6.45, 7) is 4.62. The Bertz CT molecular complexity index is 796. The number of thiazole rings is 1. The molecule has 28 heavy (non-hydrogen) atoms. The lowest BCUT2D eigenvalue weighted by Gasteiger charge is -2.30. The number of nitrogens with one attached hydrogen (secondary N) is 1. The molecular formula is C21H28N4O2S. The van der Waals surface area contributed by atoms with Crippen molar-refractivity contribution in [2.75, 3.05) is 39.3 Å². The van der Waals surface area contributed by atoms with E-state index in [0.717, 1.165) is 57.4 Å². The summed E-state index contributed by atoms with van der Waals surface area (Å²) in [6.07, 6.45) is 4.60. The number of fused-ring (bicyclic) bond motifs is 1. The molecule has 150 valence electrons. The number of para-hydroxylation sites is 1. The van der Waals surface area contributed by atoms with Gasteiger partial charge in [-0.05, 0) is 50.9 Å². The van der Waals surface area contributed by atoms with Crippen molar-refractivity contribution in [2.24, 2.45) is 0 Å². The Kier molecular flexibility index (Phi) is 6.22. The second-order valence-corrected chi connectivity index (χ2v) is 8.82. The number of piperidine rings is 1. The third-order valence-corrected chi connectivity index (χ3v) is 6.91. The molecule has 1 aromatic carbocycles. The number of aromatic nitrogens is 1. The van der Waals surface area contributed by atoms with Crippen LogP contribution in [0.4, 0.5) is 0 Å². The molecule has 0 bridgehead atoms. The summed E-state index contributed by atoms with van der Waals surface area (Å²) in [5.41, 5.74) is 1.10. The summed E-state index contributed by atoms with van der Waals surface area (Å²) in [4.78, 5) is 32.7. The van der Waals surface area contributed by atoms with Gasteiger partial charge in [-0.2, -0.15) is 0 Å². The largest absolute Gasteiger partial charge is 0.355 e. The maximum atomic E-state index is 12.2. The Balaban J connectivity index is 1.16. The van der Waals surface area contributed by atoms with Gasteiger partial charge in [0.1, 0.15) is 0 Å². The molecule has 0 spiro atoms. The molecule has 2 amide bonds. The van der Waals surface area contributed by atoms with Crippen molar-refractivity contribution in [2.45, 2.75) is 38.0 Å². The lowest BCUT2D eigenvalue weighted by molar-refractivity contribution is -0.127. The molecule has 2 aliphatic rings. The minimum atomic E-state index is 0.0891. The van der Waals surface area contributed by atoms with Gasteiger partial charge < -0.3 is 10.2 Å². The van der Waals surface area contributed by atoms with Gasteiger partial charge in [0.15, 0.2) is 0 Å². The molecule has 6 nitrogen and oxygen atoms in total. The minimum Gasteiger partial charge on any atom is -0.355 e. The lowest BCUT2D eigenvalue weighted by atomic mass is 9.97. The van der Waals surface area contributed by atoms with Crippen molar-refractivity contribution in [1.29, 1.82) is 0 Å². The number of nitrogens with zero attached hydrogens (tertiary/aromatic N) is 3. The molecule has 2 aromatic rings. The molecule has 0 aliphatic carbocycles. The lowest BCUT2D eigenvalue weighted by Crippen LogP contribution is -2.41. The van der Waals surface area contributed by atoms with E-state index in [1.54, 1.807) is 11.3 Å². The fourth-order valence-corrected chi connectivity index (χ4v) is 5.24. The Morgan fingerprint density at radius 2 is 2.04 bits per heavy atom. The van der Waals surface area contributed by atoms with E-state index in [1.165, 1.54) is 9.71 Å². The van der Waals surface area contributed by atoms with Crippen LogP contribution in [0.5, 0.6) is 0 Å². The van der Waals surface area contributed by atoms with E-state index in [-0.39, 0.29) is 11.8 Å². The Hall–Kier alpha value is -1.99.